The fourth-order valence-electron chi connectivity index (χ4n) is 1.27. The van der Waals surface area contributed by atoms with Crippen molar-refractivity contribution >= 4 is 39.1 Å². The normalized spacial score (nSPS) is 10.1. The minimum atomic E-state index is -4.67. The van der Waals surface area contributed by atoms with Crippen LogP contribution in [-0.2, 0) is 29.9 Å². The Morgan fingerprint density at radius 3 is 1.92 bits per heavy atom. The largest absolute Gasteiger partial charge is 0.394 e. The van der Waals surface area contributed by atoms with Crippen molar-refractivity contribution in [3.05, 3.63) is 60.7 Å². The molecule has 0 aliphatic carbocycles. The third-order valence-corrected chi connectivity index (χ3v) is 2.28. The molecule has 0 saturated heterocycles. The third-order valence-electron chi connectivity index (χ3n) is 2.10. The molecule has 0 unspecified atom stereocenters. The number of hydrogen-bond acceptors (Lipinski definition) is 5. The van der Waals surface area contributed by atoms with Gasteiger partial charge in [0.15, 0.2) is 0 Å². The summed E-state index contributed by atoms with van der Waals surface area (Å²) in [4.78, 5) is 0. The van der Waals surface area contributed by atoms with Gasteiger partial charge in [-0.15, -0.1) is 10.2 Å². The van der Waals surface area contributed by atoms with Crippen molar-refractivity contribution in [1.82, 2.24) is 5.43 Å². The molecule has 124 valence electrons. The summed E-state index contributed by atoms with van der Waals surface area (Å²) < 4.78 is 31.6. The number of hydrazine groups is 1. The van der Waals surface area contributed by atoms with E-state index in [9.17, 15) is 0 Å². The number of nitrogens with zero attached hydrogens (tertiary/aromatic N) is 2. The van der Waals surface area contributed by atoms with E-state index >= 15 is 0 Å². The summed E-state index contributed by atoms with van der Waals surface area (Å²) in [5.74, 6) is 0. The van der Waals surface area contributed by atoms with Gasteiger partial charge < -0.3 is 0 Å². The zero-order valence-electron chi connectivity index (χ0n) is 12.4. The van der Waals surface area contributed by atoms with Crippen LogP contribution < -0.4 is 10.9 Å². The van der Waals surface area contributed by atoms with Gasteiger partial charge in [-0.25, -0.2) is 0 Å². The molecule has 2 aromatic carbocycles. The minimum Gasteiger partial charge on any atom is -0.299 e. The molecule has 0 radical (unpaired) electrons. The monoisotopic (exact) mass is 418 g/mol. The summed E-state index contributed by atoms with van der Waals surface area (Å²) in [5, 5.41) is 8.17. The maximum atomic E-state index is 8.74. The number of azo groups is 1. The average molecular weight is 420 g/mol. The zero-order valence-corrected chi connectivity index (χ0v) is 17.0. The third kappa shape index (κ3) is 12.7. The van der Waals surface area contributed by atoms with Crippen molar-refractivity contribution < 1.29 is 37.0 Å². The molecule has 2 rings (SSSR count). The Labute approximate surface area is 157 Å². The fourth-order valence-corrected chi connectivity index (χ4v) is 1.36. The van der Waals surface area contributed by atoms with E-state index in [1.54, 1.807) is 0 Å². The first-order valence-electron chi connectivity index (χ1n) is 6.12. The first-order valence-corrected chi connectivity index (χ1v) is 7.93. The molecule has 0 fully saturated rings. The van der Waals surface area contributed by atoms with E-state index in [0.717, 1.165) is 11.4 Å². The molecule has 0 aliphatic heterocycles. The van der Waals surface area contributed by atoms with Gasteiger partial charge in [0.05, 0.1) is 11.4 Å². The first kappa shape index (κ1) is 22.2. The van der Waals surface area contributed by atoms with Crippen LogP contribution in [0, 0.1) is 0 Å². The van der Waals surface area contributed by atoms with Crippen LogP contribution in [0.4, 0.5) is 11.4 Å². The van der Waals surface area contributed by atoms with E-state index in [4.69, 9.17) is 29.7 Å². The molecule has 0 aromatic heterocycles. The van der Waals surface area contributed by atoms with Crippen molar-refractivity contribution in [2.75, 3.05) is 5.43 Å². The van der Waals surface area contributed by atoms with Crippen molar-refractivity contribution in [3.8, 4) is 0 Å². The van der Waals surface area contributed by atoms with Crippen LogP contribution >= 0.6 is 12.2 Å². The van der Waals surface area contributed by atoms with E-state index in [1.165, 1.54) is 0 Å². The number of rotatable bonds is 3. The second-order valence-corrected chi connectivity index (χ2v) is 5.19. The summed E-state index contributed by atoms with van der Waals surface area (Å²) in [6.45, 7) is 0. The van der Waals surface area contributed by atoms with E-state index in [1.807, 2.05) is 60.7 Å². The van der Waals surface area contributed by atoms with E-state index < -0.39 is 10.4 Å². The number of hydrogen-bond donors (Lipinski definition) is 4. The number of anilines is 1. The molecule has 0 heterocycles. The maximum Gasteiger partial charge on any atom is 0.394 e. The maximum absolute atomic E-state index is 8.74. The summed E-state index contributed by atoms with van der Waals surface area (Å²) in [5.41, 5.74) is 7.40. The second kappa shape index (κ2) is 11.7. The molecule has 24 heavy (non-hydrogen) atoms. The van der Waals surface area contributed by atoms with Crippen LogP contribution in [0.2, 0.25) is 0 Å². The SMILES string of the molecule is O=S(=O)(O)O.S=C(/N=N/c1ccccc1)NNc1ccccc1.[Zn]. The van der Waals surface area contributed by atoms with Crippen LogP contribution in [0.5, 0.6) is 0 Å². The molecule has 0 saturated carbocycles. The summed E-state index contributed by atoms with van der Waals surface area (Å²) in [6, 6.07) is 19.1. The predicted molar refractivity (Wildman–Crippen MR) is 90.9 cm³/mol. The molecule has 2 aromatic rings. The van der Waals surface area contributed by atoms with Crippen LogP contribution in [0.15, 0.2) is 70.9 Å². The Kier molecular flexibility index (Phi) is 10.8. The number of thiocarbonyl (C=S) groups is 1. The van der Waals surface area contributed by atoms with Crippen LogP contribution in [0.3, 0.4) is 0 Å². The van der Waals surface area contributed by atoms with E-state index in [0.29, 0.717) is 0 Å². The summed E-state index contributed by atoms with van der Waals surface area (Å²) in [6.07, 6.45) is 0. The van der Waals surface area contributed by atoms with Gasteiger partial charge >= 0.3 is 10.4 Å². The Balaban J connectivity index is 0.000000777. The molecular formula is C13H14N4O4S2Zn. The predicted octanol–water partition coefficient (Wildman–Crippen LogP) is 3.02. The number of para-hydroxylation sites is 1. The smallest absolute Gasteiger partial charge is 0.299 e. The molecule has 11 heteroatoms. The van der Waals surface area contributed by atoms with Crippen molar-refractivity contribution in [3.63, 3.8) is 0 Å². The van der Waals surface area contributed by atoms with Crippen molar-refractivity contribution in [2.45, 2.75) is 0 Å². The van der Waals surface area contributed by atoms with Gasteiger partial charge in [0.25, 0.3) is 0 Å². The van der Waals surface area contributed by atoms with Crippen LogP contribution in [0.1, 0.15) is 0 Å². The van der Waals surface area contributed by atoms with Crippen LogP contribution in [-0.4, -0.2) is 22.6 Å². The molecule has 0 aliphatic rings. The van der Waals surface area contributed by atoms with Crippen LogP contribution in [0.25, 0.3) is 0 Å². The Morgan fingerprint density at radius 2 is 1.42 bits per heavy atom. The van der Waals surface area contributed by atoms with Gasteiger partial charge in [-0.2, -0.15) is 8.42 Å². The second-order valence-electron chi connectivity index (χ2n) is 3.90. The van der Waals surface area contributed by atoms with Gasteiger partial charge in [-0.1, -0.05) is 36.4 Å². The van der Waals surface area contributed by atoms with Gasteiger partial charge in [0.1, 0.15) is 0 Å². The average Bonchev–Trinajstić information content (AvgIpc) is 2.51. The Morgan fingerprint density at radius 1 is 0.958 bits per heavy atom. The summed E-state index contributed by atoms with van der Waals surface area (Å²) in [7, 11) is -4.67. The van der Waals surface area contributed by atoms with E-state index in [-0.39, 0.29) is 24.6 Å². The quantitative estimate of drug-likeness (QED) is 0.198. The molecule has 0 atom stereocenters. The van der Waals surface area contributed by atoms with Gasteiger partial charge in [0, 0.05) is 19.5 Å². The first-order chi connectivity index (χ1) is 10.8. The molecule has 0 bridgehead atoms. The topological polar surface area (TPSA) is 123 Å². The van der Waals surface area contributed by atoms with E-state index in [2.05, 4.69) is 21.1 Å². The molecular weight excluding hydrogens is 406 g/mol. The molecule has 0 amide bonds. The zero-order chi connectivity index (χ0) is 17.1. The fraction of sp³-hybridized carbons (Fsp3) is 0. The van der Waals surface area contributed by atoms with Gasteiger partial charge in [0.2, 0.25) is 5.11 Å². The number of benzene rings is 2. The Hall–Kier alpha value is -1.78. The van der Waals surface area contributed by atoms with Crippen molar-refractivity contribution in [1.29, 1.82) is 0 Å². The molecule has 0 spiro atoms. The minimum absolute atomic E-state index is 0. The summed E-state index contributed by atoms with van der Waals surface area (Å²) >= 11 is 5.02. The molecule has 8 nitrogen and oxygen atoms in total. The number of nitrogens with one attached hydrogen (secondary N) is 2. The van der Waals surface area contributed by atoms with Gasteiger partial charge in [-0.05, 0) is 36.5 Å². The van der Waals surface area contributed by atoms with Gasteiger partial charge in [-0.3, -0.25) is 20.0 Å². The van der Waals surface area contributed by atoms with Crippen molar-refractivity contribution in [2.24, 2.45) is 10.2 Å². The standard InChI is InChI=1S/C13H12N4S.H2O4S.Zn/c18-13(16-14-11-7-3-1-4-8-11)17-15-12-9-5-2-6-10-12;1-5(2,3)4;/h1-10,14H,(H,16,18);(H2,1,2,3,4);/b17-15+;;. The molecule has 4 N–H and O–H groups in total. The Bertz CT molecular complexity index is 735.